The Bertz CT molecular complexity index is 907. The lowest BCUT2D eigenvalue weighted by molar-refractivity contribution is -0.142. The van der Waals surface area contributed by atoms with Crippen LogP contribution < -0.4 is 10.9 Å². The highest BCUT2D eigenvalue weighted by molar-refractivity contribution is 5.65. The van der Waals surface area contributed by atoms with Crippen molar-refractivity contribution in [2.75, 3.05) is 0 Å². The maximum Gasteiger partial charge on any atom is 0.303 e. The molecule has 0 saturated carbocycles. The summed E-state index contributed by atoms with van der Waals surface area (Å²) in [4.78, 5) is 34.5. The zero-order valence-electron chi connectivity index (χ0n) is 13.4. The standard InChI is InChI=1S/C16H16O9/c1-7(15-13(21)11(19)3-9(5-17)24-15)16-14(22)12(20)4-10(25-16)6-23-8(2)18/h3-4,7,17,21-22H,5-6H2,1-2H3. The largest absolute Gasteiger partial charge is 0.502 e. The fraction of sp³-hybridized carbons (Fsp3) is 0.312. The van der Waals surface area contributed by atoms with Crippen LogP contribution in [0.5, 0.6) is 11.5 Å². The average molecular weight is 352 g/mol. The van der Waals surface area contributed by atoms with E-state index in [9.17, 15) is 24.6 Å². The molecule has 0 radical (unpaired) electrons. The van der Waals surface area contributed by atoms with E-state index in [-0.39, 0.29) is 29.6 Å². The van der Waals surface area contributed by atoms with Crippen molar-refractivity contribution in [2.24, 2.45) is 0 Å². The molecular weight excluding hydrogens is 336 g/mol. The molecule has 0 amide bonds. The minimum absolute atomic E-state index is 0.0417. The Balaban J connectivity index is 2.54. The van der Waals surface area contributed by atoms with Crippen molar-refractivity contribution in [3.63, 3.8) is 0 Å². The number of carbonyl (C=O) groups is 1. The number of aliphatic hydroxyl groups excluding tert-OH is 1. The molecule has 0 aromatic carbocycles. The van der Waals surface area contributed by atoms with Gasteiger partial charge in [-0.15, -0.1) is 0 Å². The summed E-state index contributed by atoms with van der Waals surface area (Å²) in [6, 6.07) is 1.87. The first-order valence-corrected chi connectivity index (χ1v) is 7.20. The maximum atomic E-state index is 11.9. The molecule has 134 valence electrons. The van der Waals surface area contributed by atoms with Gasteiger partial charge in [-0.3, -0.25) is 14.4 Å². The topological polar surface area (TPSA) is 147 Å². The molecule has 2 aromatic rings. The van der Waals surface area contributed by atoms with Crippen molar-refractivity contribution in [2.45, 2.75) is 33.0 Å². The van der Waals surface area contributed by atoms with Crippen LogP contribution in [0.4, 0.5) is 0 Å². The number of ether oxygens (including phenoxy) is 1. The summed E-state index contributed by atoms with van der Waals surface area (Å²) in [5.74, 6) is -3.84. The summed E-state index contributed by atoms with van der Waals surface area (Å²) in [6.45, 7) is 1.66. The highest BCUT2D eigenvalue weighted by Gasteiger charge is 2.26. The Morgan fingerprint density at radius 1 is 1.08 bits per heavy atom. The summed E-state index contributed by atoms with van der Waals surface area (Å²) < 4.78 is 15.3. The monoisotopic (exact) mass is 352 g/mol. The van der Waals surface area contributed by atoms with E-state index in [1.54, 1.807) is 0 Å². The van der Waals surface area contributed by atoms with Crippen molar-refractivity contribution >= 4 is 5.97 Å². The van der Waals surface area contributed by atoms with Crippen LogP contribution >= 0.6 is 0 Å². The first-order valence-electron chi connectivity index (χ1n) is 7.20. The number of rotatable bonds is 5. The highest BCUT2D eigenvalue weighted by Crippen LogP contribution is 2.33. The summed E-state index contributed by atoms with van der Waals surface area (Å²) >= 11 is 0. The molecule has 25 heavy (non-hydrogen) atoms. The lowest BCUT2D eigenvalue weighted by atomic mass is 10.0. The molecule has 9 heteroatoms. The zero-order valence-corrected chi connectivity index (χ0v) is 13.4. The third kappa shape index (κ3) is 3.89. The minimum atomic E-state index is -1.04. The van der Waals surface area contributed by atoms with Crippen LogP contribution in [0.2, 0.25) is 0 Å². The molecule has 2 aromatic heterocycles. The van der Waals surface area contributed by atoms with Gasteiger partial charge in [-0.2, -0.15) is 0 Å². The van der Waals surface area contributed by atoms with Crippen molar-refractivity contribution < 1.29 is 33.7 Å². The first kappa shape index (κ1) is 18.3. The number of carbonyl (C=O) groups excluding carboxylic acids is 1. The third-order valence-corrected chi connectivity index (χ3v) is 3.36. The second-order valence-corrected chi connectivity index (χ2v) is 5.24. The van der Waals surface area contributed by atoms with Gasteiger partial charge in [-0.05, 0) is 6.92 Å². The Labute approximate surface area is 140 Å². The molecule has 0 saturated heterocycles. The quantitative estimate of drug-likeness (QED) is 0.662. The molecule has 1 unspecified atom stereocenters. The van der Waals surface area contributed by atoms with Crippen LogP contribution in [-0.4, -0.2) is 21.3 Å². The summed E-state index contributed by atoms with van der Waals surface area (Å²) in [5.41, 5.74) is -1.59. The second kappa shape index (κ2) is 7.22. The summed E-state index contributed by atoms with van der Waals surface area (Å²) in [6.07, 6.45) is 0. The van der Waals surface area contributed by atoms with E-state index in [1.807, 2.05) is 0 Å². The molecule has 0 fully saturated rings. The van der Waals surface area contributed by atoms with Gasteiger partial charge in [0.2, 0.25) is 22.4 Å². The smallest absolute Gasteiger partial charge is 0.303 e. The van der Waals surface area contributed by atoms with Crippen LogP contribution in [-0.2, 0) is 22.7 Å². The van der Waals surface area contributed by atoms with Gasteiger partial charge < -0.3 is 28.9 Å². The lowest BCUT2D eigenvalue weighted by Crippen LogP contribution is -2.12. The van der Waals surface area contributed by atoms with Crippen LogP contribution in [0.15, 0.2) is 30.6 Å². The third-order valence-electron chi connectivity index (χ3n) is 3.36. The zero-order chi connectivity index (χ0) is 18.7. The second-order valence-electron chi connectivity index (χ2n) is 5.24. The fourth-order valence-electron chi connectivity index (χ4n) is 2.14. The van der Waals surface area contributed by atoms with Gasteiger partial charge in [0, 0.05) is 19.1 Å². The molecule has 2 rings (SSSR count). The van der Waals surface area contributed by atoms with E-state index in [1.165, 1.54) is 13.8 Å². The Morgan fingerprint density at radius 3 is 2.04 bits per heavy atom. The molecule has 0 spiro atoms. The van der Waals surface area contributed by atoms with Crippen LogP contribution in [0.1, 0.15) is 42.8 Å². The van der Waals surface area contributed by atoms with Crippen molar-refractivity contribution in [3.8, 4) is 11.5 Å². The molecule has 0 aliphatic rings. The maximum absolute atomic E-state index is 11.9. The van der Waals surface area contributed by atoms with Crippen molar-refractivity contribution in [1.29, 1.82) is 0 Å². The molecule has 0 aliphatic carbocycles. The van der Waals surface area contributed by atoms with Gasteiger partial charge >= 0.3 is 5.97 Å². The van der Waals surface area contributed by atoms with E-state index < -0.39 is 40.9 Å². The number of aromatic hydroxyl groups is 2. The fourth-order valence-corrected chi connectivity index (χ4v) is 2.14. The SMILES string of the molecule is CC(=O)OCc1cc(=O)c(O)c(C(C)c2oc(CO)cc(=O)c2O)o1. The van der Waals surface area contributed by atoms with E-state index in [0.29, 0.717) is 0 Å². The van der Waals surface area contributed by atoms with E-state index in [0.717, 1.165) is 12.1 Å². The number of aliphatic hydroxyl groups is 1. The predicted octanol–water partition coefficient (Wildman–Crippen LogP) is 0.711. The van der Waals surface area contributed by atoms with Gasteiger partial charge in [0.1, 0.15) is 24.7 Å². The number of hydrogen-bond donors (Lipinski definition) is 3. The van der Waals surface area contributed by atoms with Crippen LogP contribution in [0.3, 0.4) is 0 Å². The van der Waals surface area contributed by atoms with E-state index in [4.69, 9.17) is 18.7 Å². The summed E-state index contributed by atoms with van der Waals surface area (Å²) in [7, 11) is 0. The van der Waals surface area contributed by atoms with Gasteiger partial charge in [-0.25, -0.2) is 0 Å². The van der Waals surface area contributed by atoms with Crippen molar-refractivity contribution in [3.05, 3.63) is 55.6 Å². The predicted molar refractivity (Wildman–Crippen MR) is 82.2 cm³/mol. The molecule has 2 heterocycles. The number of esters is 1. The molecule has 3 N–H and O–H groups in total. The average Bonchev–Trinajstić information content (AvgIpc) is 2.57. The highest BCUT2D eigenvalue weighted by atomic mass is 16.5. The van der Waals surface area contributed by atoms with E-state index in [2.05, 4.69) is 0 Å². The Kier molecular flexibility index (Phi) is 5.28. The number of hydrogen-bond acceptors (Lipinski definition) is 9. The van der Waals surface area contributed by atoms with E-state index >= 15 is 0 Å². The Morgan fingerprint density at radius 2 is 1.56 bits per heavy atom. The van der Waals surface area contributed by atoms with Gasteiger partial charge in [-0.1, -0.05) is 0 Å². The summed E-state index contributed by atoms with van der Waals surface area (Å²) in [5, 5.41) is 29.0. The normalized spacial score (nSPS) is 12.0. The van der Waals surface area contributed by atoms with Gasteiger partial charge in [0.15, 0.2) is 11.5 Å². The minimum Gasteiger partial charge on any atom is -0.502 e. The molecule has 0 bridgehead atoms. The van der Waals surface area contributed by atoms with Crippen molar-refractivity contribution in [1.82, 2.24) is 0 Å². The van der Waals surface area contributed by atoms with Gasteiger partial charge in [0.25, 0.3) is 0 Å². The van der Waals surface area contributed by atoms with Crippen LogP contribution in [0, 0.1) is 0 Å². The molecule has 1 atom stereocenters. The van der Waals surface area contributed by atoms with Crippen LogP contribution in [0.25, 0.3) is 0 Å². The Hall–Kier alpha value is -3.07. The lowest BCUT2D eigenvalue weighted by Gasteiger charge is -2.14. The molecule has 9 nitrogen and oxygen atoms in total. The molecular formula is C16H16O9. The first-order chi connectivity index (χ1) is 11.7. The molecule has 0 aliphatic heterocycles. The van der Waals surface area contributed by atoms with Gasteiger partial charge in [0.05, 0.1) is 5.92 Å².